The molecule has 3 nitrogen and oxygen atoms in total. The molecule has 2 fully saturated rings. The second-order valence-electron chi connectivity index (χ2n) is 5.26. The predicted molar refractivity (Wildman–Crippen MR) is 60.6 cm³/mol. The fraction of sp³-hybridized carbons (Fsp3) is 0.917. The van der Waals surface area contributed by atoms with Crippen LogP contribution in [0.3, 0.4) is 0 Å². The topological polar surface area (TPSA) is 32.3 Å². The minimum absolute atomic E-state index is 0.304. The maximum atomic E-state index is 12.0. The number of rotatable bonds is 6. The van der Waals surface area contributed by atoms with Gasteiger partial charge in [0.15, 0.2) is 0 Å². The Morgan fingerprint density at radius 2 is 2.00 bits per heavy atom. The monoisotopic (exact) mass is 210 g/mol. The van der Waals surface area contributed by atoms with E-state index in [-0.39, 0.29) is 0 Å². The molecule has 15 heavy (non-hydrogen) atoms. The van der Waals surface area contributed by atoms with Gasteiger partial charge in [0, 0.05) is 18.6 Å². The van der Waals surface area contributed by atoms with Gasteiger partial charge in [0.1, 0.15) is 0 Å². The van der Waals surface area contributed by atoms with E-state index < -0.39 is 0 Å². The van der Waals surface area contributed by atoms with Crippen LogP contribution < -0.4 is 5.32 Å². The standard InChI is InChI=1S/C12H22N2O/c1-9(2)13-7-12(15)14(11-5-6-11)8-10-3-4-10/h9-11,13H,3-8H2,1-2H3. The Kier molecular flexibility index (Phi) is 3.29. The van der Waals surface area contributed by atoms with Gasteiger partial charge in [0.2, 0.25) is 5.91 Å². The number of nitrogens with one attached hydrogen (secondary N) is 1. The maximum absolute atomic E-state index is 12.0. The van der Waals surface area contributed by atoms with Crippen molar-refractivity contribution < 1.29 is 4.79 Å². The summed E-state index contributed by atoms with van der Waals surface area (Å²) in [5.41, 5.74) is 0. The molecule has 2 aliphatic carbocycles. The number of hydrogen-bond donors (Lipinski definition) is 1. The van der Waals surface area contributed by atoms with E-state index >= 15 is 0 Å². The van der Waals surface area contributed by atoms with Crippen LogP contribution in [0.25, 0.3) is 0 Å². The zero-order chi connectivity index (χ0) is 10.8. The van der Waals surface area contributed by atoms with E-state index in [1.807, 2.05) is 0 Å². The third kappa shape index (κ3) is 3.49. The average molecular weight is 210 g/mol. The van der Waals surface area contributed by atoms with Crippen molar-refractivity contribution in [1.82, 2.24) is 10.2 Å². The highest BCUT2D eigenvalue weighted by atomic mass is 16.2. The van der Waals surface area contributed by atoms with Gasteiger partial charge in [-0.3, -0.25) is 4.79 Å². The van der Waals surface area contributed by atoms with Gasteiger partial charge in [-0.15, -0.1) is 0 Å². The molecule has 0 radical (unpaired) electrons. The van der Waals surface area contributed by atoms with Gasteiger partial charge in [0.25, 0.3) is 0 Å². The second kappa shape index (κ2) is 4.52. The van der Waals surface area contributed by atoms with Crippen LogP contribution in [-0.2, 0) is 4.79 Å². The molecule has 0 unspecified atom stereocenters. The molecule has 0 aromatic heterocycles. The first-order chi connectivity index (χ1) is 7.16. The normalized spacial score (nSPS) is 20.7. The van der Waals surface area contributed by atoms with Gasteiger partial charge < -0.3 is 10.2 Å². The van der Waals surface area contributed by atoms with Crippen LogP contribution in [0.2, 0.25) is 0 Å². The highest BCUT2D eigenvalue weighted by molar-refractivity contribution is 5.79. The Hall–Kier alpha value is -0.570. The quantitative estimate of drug-likeness (QED) is 0.718. The van der Waals surface area contributed by atoms with Crippen LogP contribution in [0.4, 0.5) is 0 Å². The Morgan fingerprint density at radius 3 is 2.47 bits per heavy atom. The van der Waals surface area contributed by atoms with E-state index in [0.29, 0.717) is 24.5 Å². The summed E-state index contributed by atoms with van der Waals surface area (Å²) in [7, 11) is 0. The van der Waals surface area contributed by atoms with Gasteiger partial charge in [-0.2, -0.15) is 0 Å². The third-order valence-electron chi connectivity index (χ3n) is 3.12. The maximum Gasteiger partial charge on any atom is 0.236 e. The molecule has 0 aliphatic heterocycles. The minimum atomic E-state index is 0.304. The lowest BCUT2D eigenvalue weighted by Gasteiger charge is -2.23. The van der Waals surface area contributed by atoms with Gasteiger partial charge in [-0.05, 0) is 31.6 Å². The van der Waals surface area contributed by atoms with Gasteiger partial charge >= 0.3 is 0 Å². The molecule has 3 heteroatoms. The summed E-state index contributed by atoms with van der Waals surface area (Å²) >= 11 is 0. The summed E-state index contributed by atoms with van der Waals surface area (Å²) in [6, 6.07) is 0.975. The Morgan fingerprint density at radius 1 is 1.33 bits per heavy atom. The molecule has 2 saturated carbocycles. The lowest BCUT2D eigenvalue weighted by atomic mass is 10.3. The number of nitrogens with zero attached hydrogens (tertiary/aromatic N) is 1. The molecular weight excluding hydrogens is 188 g/mol. The summed E-state index contributed by atoms with van der Waals surface area (Å²) in [5, 5.41) is 3.21. The van der Waals surface area contributed by atoms with Crippen molar-refractivity contribution in [3.05, 3.63) is 0 Å². The lowest BCUT2D eigenvalue weighted by Crippen LogP contribution is -2.42. The number of amides is 1. The van der Waals surface area contributed by atoms with E-state index in [9.17, 15) is 4.79 Å². The third-order valence-corrected chi connectivity index (χ3v) is 3.12. The van der Waals surface area contributed by atoms with Crippen molar-refractivity contribution in [1.29, 1.82) is 0 Å². The summed E-state index contributed by atoms with van der Waals surface area (Å²) < 4.78 is 0. The zero-order valence-electron chi connectivity index (χ0n) is 9.83. The molecule has 0 aromatic carbocycles. The Balaban J connectivity index is 1.77. The van der Waals surface area contributed by atoms with Crippen molar-refractivity contribution in [2.45, 2.75) is 51.6 Å². The molecule has 0 bridgehead atoms. The van der Waals surface area contributed by atoms with Crippen molar-refractivity contribution >= 4 is 5.91 Å². The molecule has 1 N–H and O–H groups in total. The molecule has 86 valence electrons. The zero-order valence-corrected chi connectivity index (χ0v) is 9.83. The molecule has 0 saturated heterocycles. The van der Waals surface area contributed by atoms with Gasteiger partial charge in [-0.1, -0.05) is 13.8 Å². The summed E-state index contributed by atoms with van der Waals surface area (Å²) in [5.74, 6) is 1.12. The number of hydrogen-bond acceptors (Lipinski definition) is 2. The highest BCUT2D eigenvalue weighted by Crippen LogP contribution is 2.34. The molecule has 2 aliphatic rings. The summed E-state index contributed by atoms with van der Waals surface area (Å²) in [4.78, 5) is 14.1. The fourth-order valence-corrected chi connectivity index (χ4v) is 1.81. The summed E-state index contributed by atoms with van der Waals surface area (Å²) in [6.07, 6.45) is 5.10. The molecule has 0 aromatic rings. The second-order valence-corrected chi connectivity index (χ2v) is 5.26. The van der Waals surface area contributed by atoms with Crippen LogP contribution in [-0.4, -0.2) is 36.0 Å². The van der Waals surface area contributed by atoms with E-state index in [0.717, 1.165) is 12.5 Å². The summed E-state index contributed by atoms with van der Waals surface area (Å²) in [6.45, 7) is 5.69. The highest BCUT2D eigenvalue weighted by Gasteiger charge is 2.36. The first kappa shape index (κ1) is 10.9. The smallest absolute Gasteiger partial charge is 0.236 e. The van der Waals surface area contributed by atoms with Crippen molar-refractivity contribution in [3.8, 4) is 0 Å². The number of carbonyl (C=O) groups is 1. The van der Waals surface area contributed by atoms with Gasteiger partial charge in [-0.25, -0.2) is 0 Å². The van der Waals surface area contributed by atoms with E-state index in [2.05, 4.69) is 24.1 Å². The van der Waals surface area contributed by atoms with E-state index in [1.54, 1.807) is 0 Å². The van der Waals surface area contributed by atoms with Crippen LogP contribution in [0.15, 0.2) is 0 Å². The Bertz CT molecular complexity index is 232. The van der Waals surface area contributed by atoms with Crippen molar-refractivity contribution in [2.75, 3.05) is 13.1 Å². The van der Waals surface area contributed by atoms with Crippen molar-refractivity contribution in [2.24, 2.45) is 5.92 Å². The average Bonchev–Trinajstić information content (AvgIpc) is 3.00. The first-order valence-corrected chi connectivity index (χ1v) is 6.19. The van der Waals surface area contributed by atoms with Crippen LogP contribution in [0, 0.1) is 5.92 Å². The van der Waals surface area contributed by atoms with Crippen LogP contribution in [0.1, 0.15) is 39.5 Å². The number of carbonyl (C=O) groups excluding carboxylic acids is 1. The largest absolute Gasteiger partial charge is 0.338 e. The fourth-order valence-electron chi connectivity index (χ4n) is 1.81. The van der Waals surface area contributed by atoms with Crippen LogP contribution >= 0.6 is 0 Å². The molecule has 0 heterocycles. The SMILES string of the molecule is CC(C)NCC(=O)N(CC1CC1)C1CC1. The molecule has 0 spiro atoms. The molecule has 2 rings (SSSR count). The van der Waals surface area contributed by atoms with E-state index in [4.69, 9.17) is 0 Å². The van der Waals surface area contributed by atoms with Crippen molar-refractivity contribution in [3.63, 3.8) is 0 Å². The first-order valence-electron chi connectivity index (χ1n) is 6.19. The van der Waals surface area contributed by atoms with Crippen LogP contribution in [0.5, 0.6) is 0 Å². The minimum Gasteiger partial charge on any atom is -0.338 e. The predicted octanol–water partition coefficient (Wildman–Crippen LogP) is 1.39. The molecule has 1 amide bonds. The Labute approximate surface area is 92.2 Å². The van der Waals surface area contributed by atoms with Gasteiger partial charge in [0.05, 0.1) is 6.54 Å². The molecule has 0 atom stereocenters. The molecular formula is C12H22N2O. The van der Waals surface area contributed by atoms with E-state index in [1.165, 1.54) is 25.7 Å². The lowest BCUT2D eigenvalue weighted by molar-refractivity contribution is -0.131.